The van der Waals surface area contributed by atoms with Crippen LogP contribution in [0.15, 0.2) is 42.6 Å². The van der Waals surface area contributed by atoms with Crippen LogP contribution in [0.2, 0.25) is 0 Å². The van der Waals surface area contributed by atoms with E-state index in [1.807, 2.05) is 31.1 Å². The summed E-state index contributed by atoms with van der Waals surface area (Å²) in [5.41, 5.74) is 2.45. The number of pyridine rings is 1. The van der Waals surface area contributed by atoms with Gasteiger partial charge in [0, 0.05) is 26.2 Å². The number of carbonyl (C=O) groups excluding carboxylic acids is 2. The number of fused-ring (bicyclic) bond motifs is 1. The van der Waals surface area contributed by atoms with Gasteiger partial charge < -0.3 is 15.1 Å². The average Bonchev–Trinajstić information content (AvgIpc) is 2.70. The zero-order chi connectivity index (χ0) is 21.0. The van der Waals surface area contributed by atoms with Gasteiger partial charge in [0.05, 0.1) is 17.7 Å². The van der Waals surface area contributed by atoms with E-state index in [-0.39, 0.29) is 23.7 Å². The Morgan fingerprint density at radius 3 is 2.66 bits per heavy atom. The van der Waals surface area contributed by atoms with Crippen molar-refractivity contribution in [3.05, 3.63) is 65.2 Å². The second-order valence-electron chi connectivity index (χ2n) is 7.70. The third kappa shape index (κ3) is 5.17. The van der Waals surface area contributed by atoms with Crippen LogP contribution in [0.4, 0.5) is 4.39 Å². The summed E-state index contributed by atoms with van der Waals surface area (Å²) in [5, 5.41) is 3.11. The second kappa shape index (κ2) is 9.13. The summed E-state index contributed by atoms with van der Waals surface area (Å²) in [6.07, 6.45) is 2.36. The first-order valence-electron chi connectivity index (χ1n) is 9.75. The van der Waals surface area contributed by atoms with Gasteiger partial charge in [0.25, 0.3) is 0 Å². The average molecular weight is 398 g/mol. The van der Waals surface area contributed by atoms with E-state index in [1.54, 1.807) is 23.2 Å². The molecule has 0 radical (unpaired) electrons. The number of nitrogens with zero attached hydrogens (tertiary/aromatic N) is 3. The number of nitrogens with one attached hydrogen (secondary N) is 1. The number of hydrogen-bond acceptors (Lipinski definition) is 4. The molecule has 2 heterocycles. The minimum atomic E-state index is -0.536. The Morgan fingerprint density at radius 2 is 2.00 bits per heavy atom. The van der Waals surface area contributed by atoms with Crippen molar-refractivity contribution in [1.29, 1.82) is 0 Å². The fourth-order valence-electron chi connectivity index (χ4n) is 3.60. The number of rotatable bonds is 6. The summed E-state index contributed by atoms with van der Waals surface area (Å²) in [5.74, 6) is -1.09. The molecule has 3 rings (SSSR count). The van der Waals surface area contributed by atoms with E-state index in [1.165, 1.54) is 19.1 Å². The lowest BCUT2D eigenvalue weighted by Crippen LogP contribution is -2.44. The molecule has 6 nitrogen and oxygen atoms in total. The lowest BCUT2D eigenvalue weighted by molar-refractivity contribution is -0.131. The monoisotopic (exact) mass is 398 g/mol. The maximum atomic E-state index is 13.4. The fourth-order valence-corrected chi connectivity index (χ4v) is 3.60. The Balaban J connectivity index is 1.84. The molecule has 2 atom stereocenters. The largest absolute Gasteiger partial charge is 0.349 e. The molecule has 0 bridgehead atoms. The highest BCUT2D eigenvalue weighted by atomic mass is 19.1. The van der Waals surface area contributed by atoms with Crippen LogP contribution in [0, 0.1) is 5.82 Å². The van der Waals surface area contributed by atoms with E-state index in [0.29, 0.717) is 25.2 Å². The smallest absolute Gasteiger partial charge is 0.231 e. The van der Waals surface area contributed by atoms with Gasteiger partial charge in [-0.05, 0) is 56.4 Å². The summed E-state index contributed by atoms with van der Waals surface area (Å²) in [7, 11) is 3.94. The van der Waals surface area contributed by atoms with E-state index in [4.69, 9.17) is 0 Å². The molecule has 1 aromatic heterocycles. The van der Waals surface area contributed by atoms with Crippen molar-refractivity contribution in [1.82, 2.24) is 20.1 Å². The normalized spacial score (nSPS) is 17.0. The standard InChI is InChI=1S/C22H27FN4O2/c1-15(28)27-13-17-5-4-11-24-21(17)19(14-27)22(29)25-20(10-12-26(2)3)16-6-8-18(23)9-7-16/h4-9,11,19-20H,10,12-14H2,1-3H3,(H,25,29). The van der Waals surface area contributed by atoms with E-state index < -0.39 is 5.92 Å². The predicted molar refractivity (Wildman–Crippen MR) is 109 cm³/mol. The molecule has 1 aliphatic heterocycles. The quantitative estimate of drug-likeness (QED) is 0.812. The topological polar surface area (TPSA) is 65.5 Å². The zero-order valence-corrected chi connectivity index (χ0v) is 17.1. The van der Waals surface area contributed by atoms with Crippen LogP contribution in [0.1, 0.15) is 42.1 Å². The molecule has 1 aliphatic rings. The first-order chi connectivity index (χ1) is 13.8. The summed E-state index contributed by atoms with van der Waals surface area (Å²) in [6.45, 7) is 3.04. The van der Waals surface area contributed by atoms with Crippen molar-refractivity contribution < 1.29 is 14.0 Å². The molecule has 0 aliphatic carbocycles. The van der Waals surface area contributed by atoms with E-state index in [9.17, 15) is 14.0 Å². The Hall–Kier alpha value is -2.80. The van der Waals surface area contributed by atoms with E-state index >= 15 is 0 Å². The van der Waals surface area contributed by atoms with Gasteiger partial charge in [-0.15, -0.1) is 0 Å². The van der Waals surface area contributed by atoms with Crippen LogP contribution in [-0.4, -0.2) is 53.8 Å². The maximum Gasteiger partial charge on any atom is 0.231 e. The predicted octanol–water partition coefficient (Wildman–Crippen LogP) is 2.48. The summed E-state index contributed by atoms with van der Waals surface area (Å²) in [4.78, 5) is 33.3. The highest BCUT2D eigenvalue weighted by molar-refractivity contribution is 5.86. The molecule has 2 unspecified atom stereocenters. The minimum absolute atomic E-state index is 0.0694. The number of carbonyl (C=O) groups is 2. The van der Waals surface area contributed by atoms with E-state index in [2.05, 4.69) is 10.3 Å². The van der Waals surface area contributed by atoms with Gasteiger partial charge in [-0.3, -0.25) is 14.6 Å². The number of halogens is 1. The Morgan fingerprint density at radius 1 is 1.28 bits per heavy atom. The Kier molecular flexibility index (Phi) is 6.59. The SMILES string of the molecule is CC(=O)N1Cc2cccnc2C(C(=O)NC(CCN(C)C)c2ccc(F)cc2)C1. The summed E-state index contributed by atoms with van der Waals surface area (Å²) >= 11 is 0. The molecule has 0 spiro atoms. The molecule has 2 aromatic rings. The van der Waals surface area contributed by atoms with Gasteiger partial charge in [0.15, 0.2) is 0 Å². The van der Waals surface area contributed by atoms with Gasteiger partial charge in [-0.2, -0.15) is 0 Å². The van der Waals surface area contributed by atoms with E-state index in [0.717, 1.165) is 17.7 Å². The van der Waals surface area contributed by atoms with Crippen molar-refractivity contribution >= 4 is 11.8 Å². The third-order valence-electron chi connectivity index (χ3n) is 5.24. The molecule has 29 heavy (non-hydrogen) atoms. The molecule has 7 heteroatoms. The molecule has 0 saturated heterocycles. The van der Waals surface area contributed by atoms with Crippen LogP contribution in [0.5, 0.6) is 0 Å². The van der Waals surface area contributed by atoms with Crippen LogP contribution in [0.3, 0.4) is 0 Å². The number of hydrogen-bond donors (Lipinski definition) is 1. The molecule has 0 saturated carbocycles. The zero-order valence-electron chi connectivity index (χ0n) is 17.1. The van der Waals surface area contributed by atoms with Gasteiger partial charge in [-0.25, -0.2) is 4.39 Å². The molecule has 1 N–H and O–H groups in total. The fraction of sp³-hybridized carbons (Fsp3) is 0.409. The molecule has 1 aromatic carbocycles. The molecular weight excluding hydrogens is 371 g/mol. The van der Waals surface area contributed by atoms with Crippen LogP contribution < -0.4 is 5.32 Å². The van der Waals surface area contributed by atoms with Crippen LogP contribution in [0.25, 0.3) is 0 Å². The van der Waals surface area contributed by atoms with Gasteiger partial charge >= 0.3 is 0 Å². The van der Waals surface area contributed by atoms with Crippen LogP contribution in [-0.2, 0) is 16.1 Å². The van der Waals surface area contributed by atoms with Gasteiger partial charge in [0.1, 0.15) is 5.82 Å². The molecule has 154 valence electrons. The first-order valence-corrected chi connectivity index (χ1v) is 9.75. The number of benzene rings is 1. The maximum absolute atomic E-state index is 13.4. The summed E-state index contributed by atoms with van der Waals surface area (Å²) in [6, 6.07) is 9.66. The summed E-state index contributed by atoms with van der Waals surface area (Å²) < 4.78 is 13.4. The molecule has 0 fully saturated rings. The first kappa shape index (κ1) is 20.9. The van der Waals surface area contributed by atoms with Crippen molar-refractivity contribution in [3.63, 3.8) is 0 Å². The van der Waals surface area contributed by atoms with Gasteiger partial charge in [0.2, 0.25) is 11.8 Å². The van der Waals surface area contributed by atoms with Crippen molar-refractivity contribution in [2.45, 2.75) is 31.8 Å². The lowest BCUT2D eigenvalue weighted by atomic mass is 9.93. The van der Waals surface area contributed by atoms with Crippen LogP contribution >= 0.6 is 0 Å². The van der Waals surface area contributed by atoms with Gasteiger partial charge in [-0.1, -0.05) is 18.2 Å². The highest BCUT2D eigenvalue weighted by Crippen LogP contribution is 2.28. The number of aromatic nitrogens is 1. The lowest BCUT2D eigenvalue weighted by Gasteiger charge is -2.33. The second-order valence-corrected chi connectivity index (χ2v) is 7.70. The van der Waals surface area contributed by atoms with Crippen molar-refractivity contribution in [2.24, 2.45) is 0 Å². The highest BCUT2D eigenvalue weighted by Gasteiger charge is 2.33. The Bertz CT molecular complexity index is 869. The molecular formula is C22H27FN4O2. The number of amides is 2. The third-order valence-corrected chi connectivity index (χ3v) is 5.24. The molecule has 2 amide bonds. The minimum Gasteiger partial charge on any atom is -0.349 e. The Labute approximate surface area is 170 Å². The van der Waals surface area contributed by atoms with Crippen molar-refractivity contribution in [2.75, 3.05) is 27.2 Å². The van der Waals surface area contributed by atoms with Crippen molar-refractivity contribution in [3.8, 4) is 0 Å².